The first-order chi connectivity index (χ1) is 4.36. The first-order valence-corrected chi connectivity index (χ1v) is 3.80. The predicted octanol–water partition coefficient (Wildman–Crippen LogP) is 2.01. The van der Waals surface area contributed by atoms with E-state index in [1.54, 1.807) is 0 Å². The van der Waals surface area contributed by atoms with E-state index in [2.05, 4.69) is 6.92 Å². The second-order valence-electron chi connectivity index (χ2n) is 3.01. The van der Waals surface area contributed by atoms with E-state index in [1.165, 1.54) is 19.3 Å². The SMILES string of the molecule is CCC1CC(CC=O)C1. The molecule has 1 rings (SSSR count). The molecule has 1 aliphatic carbocycles. The molecule has 0 amide bonds. The topological polar surface area (TPSA) is 17.1 Å². The standard InChI is InChI=1S/C8H14O/c1-2-7-5-8(6-7)3-4-9/h4,7-8H,2-3,5-6H2,1H3. The van der Waals surface area contributed by atoms with Crippen molar-refractivity contribution in [2.45, 2.75) is 32.6 Å². The van der Waals surface area contributed by atoms with Gasteiger partial charge >= 0.3 is 0 Å². The molecule has 1 aliphatic rings. The summed E-state index contributed by atoms with van der Waals surface area (Å²) in [6.07, 6.45) is 5.76. The van der Waals surface area contributed by atoms with Gasteiger partial charge in [-0.15, -0.1) is 0 Å². The van der Waals surface area contributed by atoms with Crippen molar-refractivity contribution in [2.24, 2.45) is 11.8 Å². The summed E-state index contributed by atoms with van der Waals surface area (Å²) in [5, 5.41) is 0. The molecule has 0 atom stereocenters. The molecule has 9 heavy (non-hydrogen) atoms. The zero-order chi connectivity index (χ0) is 6.69. The number of carbonyl (C=O) groups excluding carboxylic acids is 1. The summed E-state index contributed by atoms with van der Waals surface area (Å²) in [5.74, 6) is 1.68. The highest BCUT2D eigenvalue weighted by Gasteiger charge is 2.26. The van der Waals surface area contributed by atoms with Crippen LogP contribution in [0.25, 0.3) is 0 Å². The Morgan fingerprint density at radius 3 is 2.56 bits per heavy atom. The lowest BCUT2D eigenvalue weighted by atomic mass is 9.72. The van der Waals surface area contributed by atoms with Crippen molar-refractivity contribution < 1.29 is 4.79 Å². The summed E-state index contributed by atoms with van der Waals surface area (Å²) >= 11 is 0. The zero-order valence-corrected chi connectivity index (χ0v) is 5.97. The summed E-state index contributed by atoms with van der Waals surface area (Å²) in [5.41, 5.74) is 0. The smallest absolute Gasteiger partial charge is 0.120 e. The molecule has 52 valence electrons. The highest BCUT2D eigenvalue weighted by Crippen LogP contribution is 2.37. The lowest BCUT2D eigenvalue weighted by molar-refractivity contribution is -0.109. The Labute approximate surface area is 56.4 Å². The fourth-order valence-electron chi connectivity index (χ4n) is 1.54. The van der Waals surface area contributed by atoms with E-state index >= 15 is 0 Å². The molecule has 1 nitrogen and oxygen atoms in total. The average Bonchev–Trinajstić information content (AvgIpc) is 1.77. The van der Waals surface area contributed by atoms with Gasteiger partial charge in [0, 0.05) is 6.42 Å². The summed E-state index contributed by atoms with van der Waals surface area (Å²) in [6, 6.07) is 0. The molecule has 0 aromatic carbocycles. The fourth-order valence-corrected chi connectivity index (χ4v) is 1.54. The van der Waals surface area contributed by atoms with Gasteiger partial charge in [0.25, 0.3) is 0 Å². The molecule has 0 saturated heterocycles. The van der Waals surface area contributed by atoms with Crippen LogP contribution in [0.4, 0.5) is 0 Å². The molecule has 0 unspecified atom stereocenters. The van der Waals surface area contributed by atoms with Crippen molar-refractivity contribution in [1.29, 1.82) is 0 Å². The van der Waals surface area contributed by atoms with E-state index in [0.29, 0.717) is 0 Å². The molecule has 0 aromatic heterocycles. The molecule has 0 N–H and O–H groups in total. The Kier molecular flexibility index (Phi) is 2.26. The molecule has 0 aliphatic heterocycles. The van der Waals surface area contributed by atoms with Crippen LogP contribution in [0.2, 0.25) is 0 Å². The van der Waals surface area contributed by atoms with Crippen molar-refractivity contribution in [3.8, 4) is 0 Å². The highest BCUT2D eigenvalue weighted by molar-refractivity contribution is 5.49. The minimum Gasteiger partial charge on any atom is -0.303 e. The van der Waals surface area contributed by atoms with E-state index in [0.717, 1.165) is 24.5 Å². The molecule has 0 bridgehead atoms. The fraction of sp³-hybridized carbons (Fsp3) is 0.875. The van der Waals surface area contributed by atoms with Crippen LogP contribution in [-0.4, -0.2) is 6.29 Å². The molecule has 1 heteroatoms. The third-order valence-corrected chi connectivity index (χ3v) is 2.34. The summed E-state index contributed by atoms with van der Waals surface area (Å²) < 4.78 is 0. The van der Waals surface area contributed by atoms with Crippen molar-refractivity contribution in [2.75, 3.05) is 0 Å². The van der Waals surface area contributed by atoms with Gasteiger partial charge in [-0.2, -0.15) is 0 Å². The minimum atomic E-state index is 0.743. The number of hydrogen-bond acceptors (Lipinski definition) is 1. The van der Waals surface area contributed by atoms with Crippen LogP contribution < -0.4 is 0 Å². The maximum atomic E-state index is 10.0. The van der Waals surface area contributed by atoms with Gasteiger partial charge in [-0.05, 0) is 24.7 Å². The van der Waals surface area contributed by atoms with Gasteiger partial charge in [0.05, 0.1) is 0 Å². The van der Waals surface area contributed by atoms with Gasteiger partial charge < -0.3 is 4.79 Å². The summed E-state index contributed by atoms with van der Waals surface area (Å²) in [6.45, 7) is 2.22. The van der Waals surface area contributed by atoms with Crippen molar-refractivity contribution in [1.82, 2.24) is 0 Å². The van der Waals surface area contributed by atoms with E-state index in [-0.39, 0.29) is 0 Å². The first kappa shape index (κ1) is 6.79. The Bertz CT molecular complexity index is 92.7. The lowest BCUT2D eigenvalue weighted by Crippen LogP contribution is -2.22. The maximum Gasteiger partial charge on any atom is 0.120 e. The molecular formula is C8H14O. The van der Waals surface area contributed by atoms with Gasteiger partial charge in [0.1, 0.15) is 6.29 Å². The van der Waals surface area contributed by atoms with E-state index in [9.17, 15) is 4.79 Å². The highest BCUT2D eigenvalue weighted by atomic mass is 16.1. The number of hydrogen-bond donors (Lipinski definition) is 0. The van der Waals surface area contributed by atoms with Gasteiger partial charge in [-0.1, -0.05) is 13.3 Å². The van der Waals surface area contributed by atoms with Gasteiger partial charge in [0.15, 0.2) is 0 Å². The molecule has 1 saturated carbocycles. The predicted molar refractivity (Wildman–Crippen MR) is 37.2 cm³/mol. The normalized spacial score (nSPS) is 33.4. The third-order valence-electron chi connectivity index (χ3n) is 2.34. The van der Waals surface area contributed by atoms with Crippen LogP contribution in [0.5, 0.6) is 0 Å². The largest absolute Gasteiger partial charge is 0.303 e. The summed E-state index contributed by atoms with van der Waals surface area (Å²) in [4.78, 5) is 10.0. The third kappa shape index (κ3) is 1.54. The number of carbonyl (C=O) groups is 1. The van der Waals surface area contributed by atoms with E-state index in [1.807, 2.05) is 0 Å². The molecule has 0 heterocycles. The van der Waals surface area contributed by atoms with Gasteiger partial charge in [-0.3, -0.25) is 0 Å². The van der Waals surface area contributed by atoms with Crippen molar-refractivity contribution >= 4 is 6.29 Å². The van der Waals surface area contributed by atoms with Gasteiger partial charge in [-0.25, -0.2) is 0 Å². The van der Waals surface area contributed by atoms with Crippen LogP contribution in [0.15, 0.2) is 0 Å². The van der Waals surface area contributed by atoms with E-state index < -0.39 is 0 Å². The second kappa shape index (κ2) is 3.00. The zero-order valence-electron chi connectivity index (χ0n) is 5.97. The monoisotopic (exact) mass is 126 g/mol. The molecular weight excluding hydrogens is 112 g/mol. The first-order valence-electron chi connectivity index (χ1n) is 3.80. The minimum absolute atomic E-state index is 0.743. The van der Waals surface area contributed by atoms with Crippen LogP contribution in [0.1, 0.15) is 32.6 Å². The molecule has 1 fully saturated rings. The Morgan fingerprint density at radius 2 is 2.11 bits per heavy atom. The Balaban J connectivity index is 2.04. The van der Waals surface area contributed by atoms with Crippen LogP contribution in [0, 0.1) is 11.8 Å². The van der Waals surface area contributed by atoms with Crippen molar-refractivity contribution in [3.63, 3.8) is 0 Å². The average molecular weight is 126 g/mol. The quantitative estimate of drug-likeness (QED) is 0.529. The lowest BCUT2D eigenvalue weighted by Gasteiger charge is -2.33. The van der Waals surface area contributed by atoms with Gasteiger partial charge in [0.2, 0.25) is 0 Å². The number of aldehydes is 1. The maximum absolute atomic E-state index is 10.0. The van der Waals surface area contributed by atoms with E-state index in [4.69, 9.17) is 0 Å². The van der Waals surface area contributed by atoms with Crippen molar-refractivity contribution in [3.05, 3.63) is 0 Å². The number of rotatable bonds is 3. The van der Waals surface area contributed by atoms with Crippen LogP contribution >= 0.6 is 0 Å². The molecule has 0 aromatic rings. The Hall–Kier alpha value is -0.330. The van der Waals surface area contributed by atoms with Crippen LogP contribution in [-0.2, 0) is 4.79 Å². The second-order valence-corrected chi connectivity index (χ2v) is 3.01. The van der Waals surface area contributed by atoms with Crippen LogP contribution in [0.3, 0.4) is 0 Å². The summed E-state index contributed by atoms with van der Waals surface area (Å²) in [7, 11) is 0. The Morgan fingerprint density at radius 1 is 1.44 bits per heavy atom. The molecule has 0 spiro atoms. The molecule has 0 radical (unpaired) electrons.